The Morgan fingerprint density at radius 3 is 2.78 bits per heavy atom. The largest absolute Gasteiger partial charge is 0.444 e. The van der Waals surface area contributed by atoms with Crippen molar-refractivity contribution >= 4 is 33.4 Å². The minimum absolute atomic E-state index is 0.0612. The highest BCUT2D eigenvalue weighted by Gasteiger charge is 2.29. The molecule has 126 valence electrons. The Labute approximate surface area is 143 Å². The Hall–Kier alpha value is -1.83. The van der Waals surface area contributed by atoms with Gasteiger partial charge in [0.1, 0.15) is 11.3 Å². The average Bonchev–Trinajstić information content (AvgIpc) is 2.84. The molecule has 1 N–H and O–H groups in total. The van der Waals surface area contributed by atoms with Gasteiger partial charge in [-0.05, 0) is 39.3 Å². The molecule has 0 bridgehead atoms. The van der Waals surface area contributed by atoms with Crippen LogP contribution in [0.4, 0.5) is 16.2 Å². The summed E-state index contributed by atoms with van der Waals surface area (Å²) in [6, 6.07) is 4.76. The lowest BCUT2D eigenvalue weighted by molar-refractivity contribution is -0.384. The first-order valence-corrected chi connectivity index (χ1v) is 8.13. The van der Waals surface area contributed by atoms with Crippen molar-refractivity contribution < 1.29 is 14.5 Å². The van der Waals surface area contributed by atoms with E-state index in [1.165, 1.54) is 6.07 Å². The van der Waals surface area contributed by atoms with Crippen LogP contribution in [-0.4, -0.2) is 35.7 Å². The van der Waals surface area contributed by atoms with Gasteiger partial charge < -0.3 is 15.0 Å². The number of nitrogens with zero attached hydrogens (tertiary/aromatic N) is 2. The van der Waals surface area contributed by atoms with Crippen LogP contribution in [0, 0.1) is 10.1 Å². The normalized spacial score (nSPS) is 17.9. The number of carbonyl (C=O) groups is 1. The standard InChI is InChI=1S/C15H20BrN3O4/c1-15(2,3)23-14(20)17-11-6-7-18(9-11)13-8-10(16)4-5-12(13)19(21)22/h4-5,8,11H,6-7,9H2,1-3H3,(H,17,20)/t11-/m0/s1. The Bertz CT molecular complexity index is 615. The van der Waals surface area contributed by atoms with Crippen molar-refractivity contribution in [2.24, 2.45) is 0 Å². The van der Waals surface area contributed by atoms with E-state index in [0.717, 1.165) is 4.47 Å². The molecule has 0 unspecified atom stereocenters. The fourth-order valence-corrected chi connectivity index (χ4v) is 2.82. The highest BCUT2D eigenvalue weighted by atomic mass is 79.9. The molecule has 1 atom stereocenters. The maximum absolute atomic E-state index is 11.8. The second-order valence-corrected chi connectivity index (χ2v) is 7.38. The maximum atomic E-state index is 11.8. The van der Waals surface area contributed by atoms with E-state index >= 15 is 0 Å². The van der Waals surface area contributed by atoms with Gasteiger partial charge in [-0.3, -0.25) is 10.1 Å². The van der Waals surface area contributed by atoms with E-state index in [9.17, 15) is 14.9 Å². The number of hydrogen-bond acceptors (Lipinski definition) is 5. The molecule has 1 fully saturated rings. The number of anilines is 1. The van der Waals surface area contributed by atoms with Gasteiger partial charge in [0.05, 0.1) is 11.0 Å². The molecule has 1 aromatic carbocycles. The molecule has 7 nitrogen and oxygen atoms in total. The molecule has 1 aliphatic heterocycles. The van der Waals surface area contributed by atoms with Crippen molar-refractivity contribution in [3.05, 3.63) is 32.8 Å². The van der Waals surface area contributed by atoms with E-state index in [2.05, 4.69) is 21.2 Å². The number of halogens is 1. The Morgan fingerprint density at radius 2 is 2.17 bits per heavy atom. The number of alkyl carbamates (subject to hydrolysis) is 1. The van der Waals surface area contributed by atoms with Crippen LogP contribution in [0.5, 0.6) is 0 Å². The minimum atomic E-state index is -0.550. The molecule has 8 heteroatoms. The number of nitro groups is 1. The zero-order valence-corrected chi connectivity index (χ0v) is 14.9. The van der Waals surface area contributed by atoms with Crippen LogP contribution in [0.3, 0.4) is 0 Å². The highest BCUT2D eigenvalue weighted by Crippen LogP contribution is 2.33. The number of nitro benzene ring substituents is 1. The molecule has 1 aliphatic rings. The summed E-state index contributed by atoms with van der Waals surface area (Å²) in [6.07, 6.45) is 0.246. The van der Waals surface area contributed by atoms with E-state index < -0.39 is 16.6 Å². The topological polar surface area (TPSA) is 84.7 Å². The van der Waals surface area contributed by atoms with Crippen LogP contribution in [0.25, 0.3) is 0 Å². The van der Waals surface area contributed by atoms with Gasteiger partial charge in [0.15, 0.2) is 0 Å². The number of benzene rings is 1. The second kappa shape index (κ2) is 6.74. The number of ether oxygens (including phenoxy) is 1. The van der Waals surface area contributed by atoms with Crippen LogP contribution in [0.15, 0.2) is 22.7 Å². The summed E-state index contributed by atoms with van der Waals surface area (Å²) in [7, 11) is 0. The summed E-state index contributed by atoms with van der Waals surface area (Å²) >= 11 is 3.34. The number of rotatable bonds is 3. The smallest absolute Gasteiger partial charge is 0.407 e. The van der Waals surface area contributed by atoms with Gasteiger partial charge in [-0.15, -0.1) is 0 Å². The number of nitrogens with one attached hydrogen (secondary N) is 1. The Kier molecular flexibility index (Phi) is 5.13. The summed E-state index contributed by atoms with van der Waals surface area (Å²) in [5.41, 5.74) is 0.0647. The van der Waals surface area contributed by atoms with E-state index in [1.54, 1.807) is 32.9 Å². The first-order chi connectivity index (χ1) is 10.7. The SMILES string of the molecule is CC(C)(C)OC(=O)N[C@H]1CCN(c2cc(Br)ccc2[N+](=O)[O-])C1. The zero-order valence-electron chi connectivity index (χ0n) is 13.3. The van der Waals surface area contributed by atoms with Crippen molar-refractivity contribution in [3.8, 4) is 0 Å². The molecule has 0 aromatic heterocycles. The molecule has 1 aromatic rings. The molecule has 1 amide bonds. The number of hydrogen-bond donors (Lipinski definition) is 1. The molecule has 0 aliphatic carbocycles. The minimum Gasteiger partial charge on any atom is -0.444 e. The van der Waals surface area contributed by atoms with Crippen LogP contribution >= 0.6 is 15.9 Å². The van der Waals surface area contributed by atoms with Crippen LogP contribution in [-0.2, 0) is 4.74 Å². The lowest BCUT2D eigenvalue weighted by atomic mass is 10.2. The van der Waals surface area contributed by atoms with Crippen molar-refractivity contribution in [2.45, 2.75) is 38.8 Å². The van der Waals surface area contributed by atoms with E-state index in [1.807, 2.05) is 4.90 Å². The van der Waals surface area contributed by atoms with Gasteiger partial charge in [0.25, 0.3) is 5.69 Å². The van der Waals surface area contributed by atoms with Crippen molar-refractivity contribution in [2.75, 3.05) is 18.0 Å². The molecule has 2 rings (SSSR count). The van der Waals surface area contributed by atoms with E-state index in [0.29, 0.717) is 25.2 Å². The molecule has 23 heavy (non-hydrogen) atoms. The summed E-state index contributed by atoms with van der Waals surface area (Å²) in [4.78, 5) is 24.5. The fraction of sp³-hybridized carbons (Fsp3) is 0.533. The van der Waals surface area contributed by atoms with Crippen LogP contribution in [0.2, 0.25) is 0 Å². The van der Waals surface area contributed by atoms with Gasteiger partial charge in [0, 0.05) is 23.6 Å². The Balaban J connectivity index is 2.04. The predicted molar refractivity (Wildman–Crippen MR) is 90.8 cm³/mol. The van der Waals surface area contributed by atoms with Gasteiger partial charge in [0.2, 0.25) is 0 Å². The molecular formula is C15H20BrN3O4. The third kappa shape index (κ3) is 4.82. The summed E-state index contributed by atoms with van der Waals surface area (Å²) in [5.74, 6) is 0. The van der Waals surface area contributed by atoms with Gasteiger partial charge in [-0.2, -0.15) is 0 Å². The average molecular weight is 386 g/mol. The number of amides is 1. The van der Waals surface area contributed by atoms with Gasteiger partial charge in [-0.1, -0.05) is 15.9 Å². The van der Waals surface area contributed by atoms with E-state index in [-0.39, 0.29) is 11.7 Å². The zero-order chi connectivity index (χ0) is 17.2. The monoisotopic (exact) mass is 385 g/mol. The van der Waals surface area contributed by atoms with E-state index in [4.69, 9.17) is 4.74 Å². The van der Waals surface area contributed by atoms with Gasteiger partial charge in [-0.25, -0.2) is 4.79 Å². The lowest BCUT2D eigenvalue weighted by Gasteiger charge is -2.22. The lowest BCUT2D eigenvalue weighted by Crippen LogP contribution is -2.40. The first-order valence-electron chi connectivity index (χ1n) is 7.34. The molecule has 1 heterocycles. The molecular weight excluding hydrogens is 366 g/mol. The second-order valence-electron chi connectivity index (χ2n) is 6.47. The van der Waals surface area contributed by atoms with Crippen LogP contribution in [0.1, 0.15) is 27.2 Å². The van der Waals surface area contributed by atoms with Crippen molar-refractivity contribution in [1.82, 2.24) is 5.32 Å². The first kappa shape index (κ1) is 17.5. The van der Waals surface area contributed by atoms with Gasteiger partial charge >= 0.3 is 6.09 Å². The van der Waals surface area contributed by atoms with Crippen molar-refractivity contribution in [3.63, 3.8) is 0 Å². The predicted octanol–water partition coefficient (Wildman–Crippen LogP) is 3.46. The maximum Gasteiger partial charge on any atom is 0.407 e. The quantitative estimate of drug-likeness (QED) is 0.635. The Morgan fingerprint density at radius 1 is 1.48 bits per heavy atom. The van der Waals surface area contributed by atoms with Crippen LogP contribution < -0.4 is 10.2 Å². The molecule has 1 saturated heterocycles. The molecule has 0 saturated carbocycles. The highest BCUT2D eigenvalue weighted by molar-refractivity contribution is 9.10. The number of carbonyl (C=O) groups excluding carboxylic acids is 1. The summed E-state index contributed by atoms with van der Waals surface area (Å²) in [6.45, 7) is 6.56. The fourth-order valence-electron chi connectivity index (χ4n) is 2.48. The molecule has 0 spiro atoms. The summed E-state index contributed by atoms with van der Waals surface area (Å²) < 4.78 is 6.02. The third-order valence-corrected chi connectivity index (χ3v) is 3.88. The summed E-state index contributed by atoms with van der Waals surface area (Å²) in [5, 5.41) is 14.0. The molecule has 0 radical (unpaired) electrons. The third-order valence-electron chi connectivity index (χ3n) is 3.38. The van der Waals surface area contributed by atoms with Crippen molar-refractivity contribution in [1.29, 1.82) is 0 Å².